The average molecular weight is 282 g/mol. The lowest BCUT2D eigenvalue weighted by Gasteiger charge is -2.26. The molecule has 1 fully saturated rings. The van der Waals surface area contributed by atoms with E-state index in [1.54, 1.807) is 5.06 Å². The molecule has 0 aromatic heterocycles. The van der Waals surface area contributed by atoms with Crippen molar-refractivity contribution in [1.82, 2.24) is 5.06 Å². The Labute approximate surface area is 110 Å². The third kappa shape index (κ3) is 4.07. The summed E-state index contributed by atoms with van der Waals surface area (Å²) in [6.07, 6.45) is -0.961. The summed E-state index contributed by atoms with van der Waals surface area (Å²) in [4.78, 5) is 5.49. The van der Waals surface area contributed by atoms with Crippen molar-refractivity contribution in [3.05, 3.63) is 29.8 Å². The average Bonchev–Trinajstić information content (AvgIpc) is 2.30. The summed E-state index contributed by atoms with van der Waals surface area (Å²) in [5, 5.41) is 1.80. The van der Waals surface area contributed by atoms with Crippen molar-refractivity contribution in [1.29, 1.82) is 0 Å². The first-order valence-electron chi connectivity index (χ1n) is 5.66. The van der Waals surface area contributed by atoms with Crippen molar-refractivity contribution in [2.75, 3.05) is 13.1 Å². The van der Waals surface area contributed by atoms with Gasteiger partial charge in [0.05, 0.1) is 5.56 Å². The molecule has 0 bridgehead atoms. The SMILES string of the molecule is Cl.FC(F)(F)c1ccc(ON2CCCCC2)cc1. The molecule has 2 nitrogen and oxygen atoms in total. The molecule has 0 aliphatic carbocycles. The third-order valence-electron chi connectivity index (χ3n) is 2.73. The second-order valence-corrected chi connectivity index (χ2v) is 4.10. The zero-order valence-electron chi connectivity index (χ0n) is 9.74. The molecule has 1 heterocycles. The first kappa shape index (κ1) is 15.1. The van der Waals surface area contributed by atoms with Crippen LogP contribution < -0.4 is 4.84 Å². The minimum absolute atomic E-state index is 0. The lowest BCUT2D eigenvalue weighted by Crippen LogP contribution is -2.32. The second kappa shape index (κ2) is 6.29. The number of hydroxylamine groups is 2. The molecule has 0 saturated carbocycles. The summed E-state index contributed by atoms with van der Waals surface area (Å²) in [7, 11) is 0. The fourth-order valence-corrected chi connectivity index (χ4v) is 1.81. The number of piperidine rings is 1. The second-order valence-electron chi connectivity index (χ2n) is 4.10. The van der Waals surface area contributed by atoms with E-state index in [1.807, 2.05) is 0 Å². The quantitative estimate of drug-likeness (QED) is 0.815. The van der Waals surface area contributed by atoms with Gasteiger partial charge in [-0.2, -0.15) is 13.2 Å². The van der Waals surface area contributed by atoms with Crippen molar-refractivity contribution < 1.29 is 18.0 Å². The van der Waals surface area contributed by atoms with Crippen LogP contribution in [0.1, 0.15) is 24.8 Å². The number of alkyl halides is 3. The predicted octanol–water partition coefficient (Wildman–Crippen LogP) is 3.91. The number of hydrogen-bond acceptors (Lipinski definition) is 2. The van der Waals surface area contributed by atoms with E-state index in [0.717, 1.165) is 38.1 Å². The molecule has 0 radical (unpaired) electrons. The molecule has 1 aromatic rings. The fraction of sp³-hybridized carbons (Fsp3) is 0.500. The van der Waals surface area contributed by atoms with Crippen molar-refractivity contribution >= 4 is 12.4 Å². The molecular weight excluding hydrogens is 267 g/mol. The third-order valence-corrected chi connectivity index (χ3v) is 2.73. The molecule has 0 amide bonds. The van der Waals surface area contributed by atoms with Gasteiger partial charge in [0.25, 0.3) is 0 Å². The Bertz CT molecular complexity index is 361. The van der Waals surface area contributed by atoms with Crippen molar-refractivity contribution in [2.24, 2.45) is 0 Å². The summed E-state index contributed by atoms with van der Waals surface area (Å²) in [6, 6.07) is 4.80. The monoisotopic (exact) mass is 281 g/mol. The predicted molar refractivity (Wildman–Crippen MR) is 64.7 cm³/mol. The van der Waals surface area contributed by atoms with E-state index in [0.29, 0.717) is 5.75 Å². The van der Waals surface area contributed by atoms with Gasteiger partial charge >= 0.3 is 6.18 Å². The Balaban J connectivity index is 0.00000162. The van der Waals surface area contributed by atoms with Crippen molar-refractivity contribution in [3.8, 4) is 5.75 Å². The van der Waals surface area contributed by atoms with E-state index >= 15 is 0 Å². The largest absolute Gasteiger partial charge is 0.416 e. The minimum atomic E-state index is -4.29. The maximum Gasteiger partial charge on any atom is 0.416 e. The first-order chi connectivity index (χ1) is 8.05. The van der Waals surface area contributed by atoms with Crippen LogP contribution in [-0.2, 0) is 6.18 Å². The van der Waals surface area contributed by atoms with Gasteiger partial charge in [-0.3, -0.25) is 0 Å². The maximum absolute atomic E-state index is 12.3. The lowest BCUT2D eigenvalue weighted by molar-refractivity contribution is -0.137. The van der Waals surface area contributed by atoms with Crippen LogP contribution in [0.4, 0.5) is 13.2 Å². The zero-order chi connectivity index (χ0) is 12.3. The van der Waals surface area contributed by atoms with Gasteiger partial charge in [-0.1, -0.05) is 6.42 Å². The fourth-order valence-electron chi connectivity index (χ4n) is 1.81. The molecule has 1 saturated heterocycles. The van der Waals surface area contributed by atoms with Crippen LogP contribution in [0.5, 0.6) is 5.75 Å². The van der Waals surface area contributed by atoms with Gasteiger partial charge in [0.15, 0.2) is 0 Å². The smallest absolute Gasteiger partial charge is 0.406 e. The molecule has 1 aliphatic heterocycles. The van der Waals surface area contributed by atoms with E-state index < -0.39 is 11.7 Å². The van der Waals surface area contributed by atoms with Crippen LogP contribution in [0.2, 0.25) is 0 Å². The molecule has 0 unspecified atom stereocenters. The molecule has 6 heteroatoms. The Morgan fingerprint density at radius 3 is 2.00 bits per heavy atom. The Morgan fingerprint density at radius 2 is 1.50 bits per heavy atom. The Kier molecular flexibility index (Phi) is 5.28. The van der Waals surface area contributed by atoms with Crippen LogP contribution in [0.3, 0.4) is 0 Å². The van der Waals surface area contributed by atoms with Crippen LogP contribution in [0, 0.1) is 0 Å². The zero-order valence-corrected chi connectivity index (χ0v) is 10.6. The highest BCUT2D eigenvalue weighted by Gasteiger charge is 2.30. The van der Waals surface area contributed by atoms with E-state index in [9.17, 15) is 13.2 Å². The molecule has 0 atom stereocenters. The highest BCUT2D eigenvalue weighted by Crippen LogP contribution is 2.30. The van der Waals surface area contributed by atoms with Crippen LogP contribution in [-0.4, -0.2) is 18.2 Å². The minimum Gasteiger partial charge on any atom is -0.406 e. The molecule has 1 aromatic carbocycles. The van der Waals surface area contributed by atoms with Gasteiger partial charge < -0.3 is 4.84 Å². The first-order valence-corrected chi connectivity index (χ1v) is 5.66. The Hall–Kier alpha value is -0.940. The van der Waals surface area contributed by atoms with Gasteiger partial charge in [-0.25, -0.2) is 0 Å². The molecular formula is C12H15ClF3NO. The summed E-state index contributed by atoms with van der Waals surface area (Å²) in [5.41, 5.74) is -0.650. The van der Waals surface area contributed by atoms with Crippen LogP contribution in [0.25, 0.3) is 0 Å². The highest BCUT2D eigenvalue weighted by atomic mass is 35.5. The highest BCUT2D eigenvalue weighted by molar-refractivity contribution is 5.85. The standard InChI is InChI=1S/C12H14F3NO.ClH/c13-12(14,15)10-4-6-11(7-5-10)17-16-8-2-1-3-9-16;/h4-7H,1-3,8-9H2;1H. The molecule has 102 valence electrons. The molecule has 18 heavy (non-hydrogen) atoms. The van der Waals surface area contributed by atoms with E-state index in [-0.39, 0.29) is 12.4 Å². The number of rotatable bonds is 2. The summed E-state index contributed by atoms with van der Waals surface area (Å²) < 4.78 is 37.0. The number of hydrogen-bond donors (Lipinski definition) is 0. The summed E-state index contributed by atoms with van der Waals surface area (Å²) in [6.45, 7) is 1.67. The van der Waals surface area contributed by atoms with Gasteiger partial charge in [-0.15, -0.1) is 17.5 Å². The van der Waals surface area contributed by atoms with Crippen LogP contribution >= 0.6 is 12.4 Å². The number of halogens is 4. The number of nitrogens with zero attached hydrogens (tertiary/aromatic N) is 1. The van der Waals surface area contributed by atoms with Crippen molar-refractivity contribution in [2.45, 2.75) is 25.4 Å². The van der Waals surface area contributed by atoms with Crippen molar-refractivity contribution in [3.63, 3.8) is 0 Å². The Morgan fingerprint density at radius 1 is 0.944 bits per heavy atom. The summed E-state index contributed by atoms with van der Waals surface area (Å²) in [5.74, 6) is 0.458. The van der Waals surface area contributed by atoms with Gasteiger partial charge in [0.2, 0.25) is 0 Å². The molecule has 2 rings (SSSR count). The molecule has 1 aliphatic rings. The molecule has 0 N–H and O–H groups in total. The summed E-state index contributed by atoms with van der Waals surface area (Å²) >= 11 is 0. The lowest BCUT2D eigenvalue weighted by atomic mass is 10.2. The number of benzene rings is 1. The van der Waals surface area contributed by atoms with Gasteiger partial charge in [-0.05, 0) is 37.1 Å². The van der Waals surface area contributed by atoms with E-state index in [4.69, 9.17) is 4.84 Å². The van der Waals surface area contributed by atoms with Crippen LogP contribution in [0.15, 0.2) is 24.3 Å². The van der Waals surface area contributed by atoms with Gasteiger partial charge in [0, 0.05) is 13.1 Å². The maximum atomic E-state index is 12.3. The normalized spacial score (nSPS) is 17.1. The molecule has 0 spiro atoms. The van der Waals surface area contributed by atoms with Gasteiger partial charge in [0.1, 0.15) is 5.75 Å². The topological polar surface area (TPSA) is 12.5 Å². The van der Waals surface area contributed by atoms with E-state index in [2.05, 4.69) is 0 Å². The van der Waals surface area contributed by atoms with E-state index in [1.165, 1.54) is 18.6 Å².